The van der Waals surface area contributed by atoms with Gasteiger partial charge in [-0.25, -0.2) is 9.97 Å². The Morgan fingerprint density at radius 1 is 1.18 bits per heavy atom. The second kappa shape index (κ2) is 8.53. The van der Waals surface area contributed by atoms with Crippen LogP contribution in [0.1, 0.15) is 11.9 Å². The lowest BCUT2D eigenvalue weighted by molar-refractivity contribution is -0.118. The predicted octanol–water partition coefficient (Wildman–Crippen LogP) is 3.98. The number of thioether (sulfide) groups is 1. The van der Waals surface area contributed by atoms with E-state index in [-0.39, 0.29) is 5.91 Å². The molecule has 0 bridgehead atoms. The van der Waals surface area contributed by atoms with Crippen molar-refractivity contribution in [3.63, 3.8) is 0 Å². The number of thiazole rings is 1. The summed E-state index contributed by atoms with van der Waals surface area (Å²) >= 11 is 3.00. The minimum Gasteiger partial charge on any atom is -0.349 e. The highest BCUT2D eigenvalue weighted by Crippen LogP contribution is 2.24. The van der Waals surface area contributed by atoms with E-state index in [0.717, 1.165) is 39.0 Å². The summed E-state index contributed by atoms with van der Waals surface area (Å²) in [7, 11) is 0. The molecule has 4 aromatic rings. The van der Waals surface area contributed by atoms with Crippen LogP contribution < -0.4 is 5.32 Å². The molecule has 8 heteroatoms. The summed E-state index contributed by atoms with van der Waals surface area (Å²) in [4.78, 5) is 25.5. The van der Waals surface area contributed by atoms with E-state index in [0.29, 0.717) is 12.3 Å². The molecule has 1 aromatic carbocycles. The number of nitrogens with zero attached hydrogens (tertiary/aromatic N) is 4. The van der Waals surface area contributed by atoms with E-state index in [4.69, 9.17) is 0 Å². The van der Waals surface area contributed by atoms with Crippen molar-refractivity contribution >= 4 is 40.0 Å². The highest BCUT2D eigenvalue weighted by Gasteiger charge is 2.12. The van der Waals surface area contributed by atoms with Crippen LogP contribution >= 0.6 is 23.1 Å². The van der Waals surface area contributed by atoms with Gasteiger partial charge in [0.25, 0.3) is 0 Å². The van der Waals surface area contributed by atoms with Crippen molar-refractivity contribution in [1.82, 2.24) is 24.8 Å². The van der Waals surface area contributed by atoms with Gasteiger partial charge in [-0.15, -0.1) is 11.3 Å². The van der Waals surface area contributed by atoms with Crippen LogP contribution in [0.15, 0.2) is 59.3 Å². The van der Waals surface area contributed by atoms with E-state index in [9.17, 15) is 4.79 Å². The quantitative estimate of drug-likeness (QED) is 0.467. The Morgan fingerprint density at radius 3 is 2.82 bits per heavy atom. The zero-order chi connectivity index (χ0) is 19.3. The number of carbonyl (C=O) groups is 1. The van der Waals surface area contributed by atoms with Gasteiger partial charge in [-0.2, -0.15) is 0 Å². The van der Waals surface area contributed by atoms with Gasteiger partial charge in [0.1, 0.15) is 5.01 Å². The first kappa shape index (κ1) is 18.6. The summed E-state index contributed by atoms with van der Waals surface area (Å²) in [5, 5.41) is 6.69. The van der Waals surface area contributed by atoms with Crippen molar-refractivity contribution < 1.29 is 4.79 Å². The van der Waals surface area contributed by atoms with Gasteiger partial charge < -0.3 is 9.88 Å². The molecule has 28 heavy (non-hydrogen) atoms. The second-order valence-electron chi connectivity index (χ2n) is 6.06. The van der Waals surface area contributed by atoms with Crippen LogP contribution in [-0.4, -0.2) is 31.2 Å². The first-order valence-electron chi connectivity index (χ1n) is 8.94. The van der Waals surface area contributed by atoms with Gasteiger partial charge >= 0.3 is 0 Å². The lowest BCUT2D eigenvalue weighted by Crippen LogP contribution is -2.24. The van der Waals surface area contributed by atoms with Gasteiger partial charge in [0.15, 0.2) is 5.16 Å². The Balaban J connectivity index is 1.34. The summed E-state index contributed by atoms with van der Waals surface area (Å²) in [6.07, 6.45) is 3.49. The molecule has 0 saturated heterocycles. The monoisotopic (exact) mass is 409 g/mol. The van der Waals surface area contributed by atoms with Gasteiger partial charge in [0.05, 0.1) is 29.0 Å². The number of fused-ring (bicyclic) bond motifs is 1. The summed E-state index contributed by atoms with van der Waals surface area (Å²) in [6, 6.07) is 11.9. The average Bonchev–Trinajstić information content (AvgIpc) is 3.35. The number of para-hydroxylation sites is 2. The lowest BCUT2D eigenvalue weighted by Gasteiger charge is -2.06. The molecule has 3 aromatic heterocycles. The molecule has 142 valence electrons. The third kappa shape index (κ3) is 4.07. The first-order valence-corrected chi connectivity index (χ1v) is 10.8. The second-order valence-corrected chi connectivity index (χ2v) is 7.94. The third-order valence-electron chi connectivity index (χ3n) is 4.23. The molecule has 4 rings (SSSR count). The van der Waals surface area contributed by atoms with Crippen LogP contribution in [0, 0.1) is 0 Å². The summed E-state index contributed by atoms with van der Waals surface area (Å²) in [5.41, 5.74) is 3.98. The Hall–Kier alpha value is -2.71. The highest BCUT2D eigenvalue weighted by atomic mass is 32.2. The van der Waals surface area contributed by atoms with Crippen molar-refractivity contribution in [2.24, 2.45) is 0 Å². The van der Waals surface area contributed by atoms with Crippen molar-refractivity contribution in [2.75, 3.05) is 5.75 Å². The molecule has 0 aliphatic rings. The number of carbonyl (C=O) groups excluding carboxylic acids is 1. The minimum atomic E-state index is -0.0274. The normalized spacial score (nSPS) is 11.0. The van der Waals surface area contributed by atoms with E-state index in [1.54, 1.807) is 23.7 Å². The molecule has 0 unspecified atom stereocenters. The number of hydrogen-bond acceptors (Lipinski definition) is 6. The zero-order valence-corrected chi connectivity index (χ0v) is 17.0. The van der Waals surface area contributed by atoms with Crippen molar-refractivity contribution in [2.45, 2.75) is 25.2 Å². The molecule has 0 radical (unpaired) electrons. The topological polar surface area (TPSA) is 72.7 Å². The number of rotatable bonds is 7. The molecule has 0 spiro atoms. The van der Waals surface area contributed by atoms with E-state index in [1.165, 1.54) is 11.8 Å². The number of aromatic nitrogens is 4. The number of aryl methyl sites for hydroxylation is 1. The fourth-order valence-corrected chi connectivity index (χ4v) is 4.52. The van der Waals surface area contributed by atoms with E-state index in [1.807, 2.05) is 35.7 Å². The van der Waals surface area contributed by atoms with E-state index in [2.05, 4.69) is 37.8 Å². The van der Waals surface area contributed by atoms with Crippen molar-refractivity contribution in [3.05, 3.63) is 59.2 Å². The molecular weight excluding hydrogens is 390 g/mol. The number of hydrogen-bond donors (Lipinski definition) is 1. The molecule has 0 fully saturated rings. The molecular formula is C20H19N5OS2. The number of benzene rings is 1. The largest absolute Gasteiger partial charge is 0.349 e. The zero-order valence-electron chi connectivity index (χ0n) is 15.3. The van der Waals surface area contributed by atoms with E-state index < -0.39 is 0 Å². The maximum Gasteiger partial charge on any atom is 0.230 e. The summed E-state index contributed by atoms with van der Waals surface area (Å²) < 4.78 is 2.13. The maximum atomic E-state index is 12.3. The SMILES string of the molecule is CCn1c(SCC(=O)NCc2nc(-c3ccncc3)cs2)nc2ccccc21. The molecule has 0 saturated carbocycles. The van der Waals surface area contributed by atoms with Crippen LogP contribution in [-0.2, 0) is 17.9 Å². The third-order valence-corrected chi connectivity index (χ3v) is 6.06. The molecule has 6 nitrogen and oxygen atoms in total. The van der Waals surface area contributed by atoms with Crippen LogP contribution in [0.3, 0.4) is 0 Å². The van der Waals surface area contributed by atoms with Crippen LogP contribution in [0.2, 0.25) is 0 Å². The average molecular weight is 410 g/mol. The summed E-state index contributed by atoms with van der Waals surface area (Å²) in [5.74, 6) is 0.298. The standard InChI is InChI=1S/C20H19N5OS2/c1-2-25-17-6-4-3-5-15(17)24-20(25)28-13-18(26)22-11-19-23-16(12-27-19)14-7-9-21-10-8-14/h3-10,12H,2,11,13H2,1H3,(H,22,26). The smallest absolute Gasteiger partial charge is 0.230 e. The lowest BCUT2D eigenvalue weighted by atomic mass is 10.2. The van der Waals surface area contributed by atoms with Crippen LogP contribution in [0.4, 0.5) is 0 Å². The fraction of sp³-hybridized carbons (Fsp3) is 0.200. The maximum absolute atomic E-state index is 12.3. The van der Waals surface area contributed by atoms with Crippen LogP contribution in [0.5, 0.6) is 0 Å². The van der Waals surface area contributed by atoms with Gasteiger partial charge in [0, 0.05) is 29.9 Å². The van der Waals surface area contributed by atoms with Gasteiger partial charge in [-0.3, -0.25) is 9.78 Å². The van der Waals surface area contributed by atoms with Gasteiger partial charge in [0.2, 0.25) is 5.91 Å². The van der Waals surface area contributed by atoms with Gasteiger partial charge in [-0.05, 0) is 31.2 Å². The first-order chi connectivity index (χ1) is 13.7. The molecule has 1 N–H and O–H groups in total. The number of amides is 1. The van der Waals surface area contributed by atoms with Gasteiger partial charge in [-0.1, -0.05) is 23.9 Å². The number of nitrogens with one attached hydrogen (secondary N) is 1. The molecule has 0 aliphatic heterocycles. The number of imidazole rings is 1. The Morgan fingerprint density at radius 2 is 2.00 bits per heavy atom. The molecule has 0 aliphatic carbocycles. The Kier molecular flexibility index (Phi) is 5.68. The van der Waals surface area contributed by atoms with Crippen molar-refractivity contribution in [1.29, 1.82) is 0 Å². The number of pyridine rings is 1. The molecule has 1 amide bonds. The molecule has 0 atom stereocenters. The van der Waals surface area contributed by atoms with Crippen molar-refractivity contribution in [3.8, 4) is 11.3 Å². The minimum absolute atomic E-state index is 0.0274. The summed E-state index contributed by atoms with van der Waals surface area (Å²) in [6.45, 7) is 3.34. The van der Waals surface area contributed by atoms with Crippen LogP contribution in [0.25, 0.3) is 22.3 Å². The Bertz CT molecular complexity index is 1090. The predicted molar refractivity (Wildman–Crippen MR) is 113 cm³/mol. The highest BCUT2D eigenvalue weighted by molar-refractivity contribution is 7.99. The Labute approximate surface area is 171 Å². The fourth-order valence-electron chi connectivity index (χ4n) is 2.87. The van der Waals surface area contributed by atoms with E-state index >= 15 is 0 Å². The molecule has 3 heterocycles.